The Kier molecular flexibility index (Phi) is 4.52. The van der Waals surface area contributed by atoms with Crippen LogP contribution in [0.2, 0.25) is 0 Å². The van der Waals surface area contributed by atoms with E-state index in [-0.39, 0.29) is 17.3 Å². The van der Waals surface area contributed by atoms with Crippen molar-refractivity contribution >= 4 is 11.6 Å². The Morgan fingerprint density at radius 1 is 1.40 bits per heavy atom. The molecule has 0 spiro atoms. The second kappa shape index (κ2) is 6.33. The SMILES string of the molecule is COc1ccc(C(=O)N2CCCNCC2)cc1[N+](=O)[O-]. The van der Waals surface area contributed by atoms with Gasteiger partial charge in [-0.2, -0.15) is 0 Å². The van der Waals surface area contributed by atoms with Crippen LogP contribution in [-0.2, 0) is 0 Å². The molecule has 0 unspecified atom stereocenters. The lowest BCUT2D eigenvalue weighted by Gasteiger charge is -2.20. The molecule has 1 N–H and O–H groups in total. The molecule has 0 atom stereocenters. The number of rotatable bonds is 3. The smallest absolute Gasteiger partial charge is 0.311 e. The summed E-state index contributed by atoms with van der Waals surface area (Å²) in [6.07, 6.45) is 0.879. The molecular weight excluding hydrogens is 262 g/mol. The molecule has 0 bridgehead atoms. The molecule has 0 aromatic heterocycles. The molecule has 1 fully saturated rings. The first-order valence-corrected chi connectivity index (χ1v) is 6.46. The predicted octanol–water partition coefficient (Wildman–Crippen LogP) is 1.04. The third kappa shape index (κ3) is 3.05. The number of nitrogens with zero attached hydrogens (tertiary/aromatic N) is 2. The third-order valence-electron chi connectivity index (χ3n) is 3.25. The molecule has 1 amide bonds. The van der Waals surface area contributed by atoms with Crippen molar-refractivity contribution < 1.29 is 14.5 Å². The molecule has 0 radical (unpaired) electrons. The number of hydrogen-bond acceptors (Lipinski definition) is 5. The van der Waals surface area contributed by atoms with Gasteiger partial charge in [-0.1, -0.05) is 0 Å². The Labute approximate surface area is 116 Å². The Bertz CT molecular complexity index is 510. The van der Waals surface area contributed by atoms with Crippen molar-refractivity contribution in [1.29, 1.82) is 0 Å². The molecule has 20 heavy (non-hydrogen) atoms. The topological polar surface area (TPSA) is 84.7 Å². The summed E-state index contributed by atoms with van der Waals surface area (Å²) < 4.78 is 4.93. The number of carbonyl (C=O) groups excluding carboxylic acids is 1. The summed E-state index contributed by atoms with van der Waals surface area (Å²) in [6.45, 7) is 2.89. The van der Waals surface area contributed by atoms with Crippen molar-refractivity contribution in [2.75, 3.05) is 33.3 Å². The number of hydrogen-bond donors (Lipinski definition) is 1. The van der Waals surface area contributed by atoms with Crippen molar-refractivity contribution in [3.63, 3.8) is 0 Å². The fourth-order valence-electron chi connectivity index (χ4n) is 2.20. The monoisotopic (exact) mass is 279 g/mol. The maximum absolute atomic E-state index is 12.4. The van der Waals surface area contributed by atoms with Gasteiger partial charge in [-0.25, -0.2) is 0 Å². The molecule has 0 saturated carbocycles. The molecule has 1 aromatic rings. The first-order chi connectivity index (χ1) is 9.63. The zero-order valence-corrected chi connectivity index (χ0v) is 11.3. The van der Waals surface area contributed by atoms with Gasteiger partial charge in [0.15, 0.2) is 5.75 Å². The Hall–Kier alpha value is -2.15. The number of amides is 1. The van der Waals surface area contributed by atoms with Crippen molar-refractivity contribution in [2.24, 2.45) is 0 Å². The summed E-state index contributed by atoms with van der Waals surface area (Å²) in [4.78, 5) is 24.5. The summed E-state index contributed by atoms with van der Waals surface area (Å²) in [7, 11) is 1.37. The largest absolute Gasteiger partial charge is 0.490 e. The summed E-state index contributed by atoms with van der Waals surface area (Å²) in [6, 6.07) is 4.30. The van der Waals surface area contributed by atoms with Crippen LogP contribution in [-0.4, -0.2) is 49.0 Å². The van der Waals surface area contributed by atoms with Crippen LogP contribution in [0.25, 0.3) is 0 Å². The van der Waals surface area contributed by atoms with E-state index in [1.165, 1.54) is 19.2 Å². The highest BCUT2D eigenvalue weighted by Gasteiger charge is 2.22. The second-order valence-electron chi connectivity index (χ2n) is 4.54. The molecule has 108 valence electrons. The van der Waals surface area contributed by atoms with E-state index in [9.17, 15) is 14.9 Å². The van der Waals surface area contributed by atoms with Gasteiger partial charge in [0.1, 0.15) is 0 Å². The number of ether oxygens (including phenoxy) is 1. The lowest BCUT2D eigenvalue weighted by Crippen LogP contribution is -2.34. The van der Waals surface area contributed by atoms with E-state index < -0.39 is 4.92 Å². The third-order valence-corrected chi connectivity index (χ3v) is 3.25. The highest BCUT2D eigenvalue weighted by molar-refractivity contribution is 5.95. The summed E-state index contributed by atoms with van der Waals surface area (Å²) in [5, 5.41) is 14.2. The molecule has 1 aromatic carbocycles. The van der Waals surface area contributed by atoms with Gasteiger partial charge in [0.2, 0.25) is 0 Å². The zero-order chi connectivity index (χ0) is 14.5. The number of methoxy groups -OCH3 is 1. The first kappa shape index (κ1) is 14.3. The lowest BCUT2D eigenvalue weighted by atomic mass is 10.1. The Balaban J connectivity index is 2.25. The minimum absolute atomic E-state index is 0.157. The lowest BCUT2D eigenvalue weighted by molar-refractivity contribution is -0.385. The quantitative estimate of drug-likeness (QED) is 0.660. The predicted molar refractivity (Wildman–Crippen MR) is 73.0 cm³/mol. The first-order valence-electron chi connectivity index (χ1n) is 6.46. The summed E-state index contributed by atoms with van der Waals surface area (Å²) >= 11 is 0. The van der Waals surface area contributed by atoms with Crippen LogP contribution in [0.1, 0.15) is 16.8 Å². The van der Waals surface area contributed by atoms with Crippen molar-refractivity contribution in [1.82, 2.24) is 10.2 Å². The van der Waals surface area contributed by atoms with E-state index in [0.29, 0.717) is 18.7 Å². The van der Waals surface area contributed by atoms with Crippen molar-refractivity contribution in [2.45, 2.75) is 6.42 Å². The van der Waals surface area contributed by atoms with Crippen molar-refractivity contribution in [3.8, 4) is 5.75 Å². The van der Waals surface area contributed by atoms with E-state index in [4.69, 9.17) is 4.74 Å². The van der Waals surface area contributed by atoms with E-state index in [0.717, 1.165) is 19.5 Å². The van der Waals surface area contributed by atoms with Crippen molar-refractivity contribution in [3.05, 3.63) is 33.9 Å². The normalized spacial score (nSPS) is 15.6. The van der Waals surface area contributed by atoms with Crippen LogP contribution in [0.3, 0.4) is 0 Å². The number of carbonyl (C=O) groups is 1. The molecule has 7 nitrogen and oxygen atoms in total. The van der Waals surface area contributed by atoms with Crippen LogP contribution >= 0.6 is 0 Å². The minimum Gasteiger partial charge on any atom is -0.490 e. The van der Waals surface area contributed by atoms with Gasteiger partial charge in [-0.15, -0.1) is 0 Å². The van der Waals surface area contributed by atoms with E-state index in [1.807, 2.05) is 0 Å². The highest BCUT2D eigenvalue weighted by Crippen LogP contribution is 2.28. The maximum atomic E-state index is 12.4. The van der Waals surface area contributed by atoms with Gasteiger partial charge >= 0.3 is 5.69 Å². The van der Waals surface area contributed by atoms with Crippen LogP contribution in [0.5, 0.6) is 5.75 Å². The molecule has 1 heterocycles. The van der Waals surface area contributed by atoms with Crippen LogP contribution in [0.15, 0.2) is 18.2 Å². The van der Waals surface area contributed by atoms with Gasteiger partial charge < -0.3 is 15.0 Å². The van der Waals surface area contributed by atoms with E-state index in [2.05, 4.69) is 5.32 Å². The number of nitrogens with one attached hydrogen (secondary N) is 1. The van der Waals surface area contributed by atoms with Crippen LogP contribution in [0, 0.1) is 10.1 Å². The highest BCUT2D eigenvalue weighted by atomic mass is 16.6. The van der Waals surface area contributed by atoms with E-state index >= 15 is 0 Å². The number of benzene rings is 1. The Morgan fingerprint density at radius 3 is 2.90 bits per heavy atom. The van der Waals surface area contributed by atoms with Gasteiger partial charge in [0.25, 0.3) is 5.91 Å². The maximum Gasteiger partial charge on any atom is 0.311 e. The fourth-order valence-corrected chi connectivity index (χ4v) is 2.20. The number of nitro groups is 1. The molecule has 1 aliphatic rings. The summed E-state index contributed by atoms with van der Waals surface area (Å²) in [5.41, 5.74) is 0.130. The average Bonchev–Trinajstić information content (AvgIpc) is 2.74. The molecule has 1 saturated heterocycles. The Morgan fingerprint density at radius 2 is 2.20 bits per heavy atom. The molecule has 2 rings (SSSR count). The molecular formula is C13H17N3O4. The standard InChI is InChI=1S/C13H17N3O4/c1-20-12-4-3-10(9-11(12)16(18)19)13(17)15-7-2-5-14-6-8-15/h3-4,9,14H,2,5-8H2,1H3. The minimum atomic E-state index is -0.542. The van der Waals surface area contributed by atoms with E-state index in [1.54, 1.807) is 11.0 Å². The molecule has 7 heteroatoms. The molecule has 1 aliphatic heterocycles. The average molecular weight is 279 g/mol. The van der Waals surface area contributed by atoms with Gasteiger partial charge in [0.05, 0.1) is 12.0 Å². The molecule has 0 aliphatic carbocycles. The van der Waals surface area contributed by atoms with Gasteiger partial charge in [-0.05, 0) is 25.1 Å². The zero-order valence-electron chi connectivity index (χ0n) is 11.3. The van der Waals surface area contributed by atoms with Crippen LogP contribution < -0.4 is 10.1 Å². The van der Waals surface area contributed by atoms with Gasteiger partial charge in [-0.3, -0.25) is 14.9 Å². The van der Waals surface area contributed by atoms with Gasteiger partial charge in [0, 0.05) is 31.3 Å². The second-order valence-corrected chi connectivity index (χ2v) is 4.54. The van der Waals surface area contributed by atoms with Crippen LogP contribution in [0.4, 0.5) is 5.69 Å². The number of nitro benzene ring substituents is 1. The summed E-state index contributed by atoms with van der Waals surface area (Å²) in [5.74, 6) is -0.0245. The fraction of sp³-hybridized carbons (Fsp3) is 0.462.